The average molecular weight is 490 g/mol. The lowest BCUT2D eigenvalue weighted by Gasteiger charge is -2.38. The van der Waals surface area contributed by atoms with Crippen LogP contribution in [0.2, 0.25) is 0 Å². The van der Waals surface area contributed by atoms with Gasteiger partial charge in [0.25, 0.3) is 5.91 Å². The van der Waals surface area contributed by atoms with Gasteiger partial charge in [-0.1, -0.05) is 50.2 Å². The molecule has 0 bridgehead atoms. The SMILES string of the molecule is Cc1nn2c(C(C)C)c(C(=O)NC3(c4ccccc4)CCOCC3)ccc2c1-c1c(F)cccc1F. The van der Waals surface area contributed by atoms with Gasteiger partial charge in [-0.2, -0.15) is 5.10 Å². The number of pyridine rings is 1. The van der Waals surface area contributed by atoms with Crippen LogP contribution in [0.15, 0.2) is 60.7 Å². The Kier molecular flexibility index (Phi) is 6.35. The molecule has 36 heavy (non-hydrogen) atoms. The Morgan fingerprint density at radius 1 is 0.972 bits per heavy atom. The van der Waals surface area contributed by atoms with E-state index in [2.05, 4.69) is 10.4 Å². The molecule has 0 saturated carbocycles. The van der Waals surface area contributed by atoms with E-state index < -0.39 is 17.2 Å². The first-order valence-electron chi connectivity index (χ1n) is 12.2. The van der Waals surface area contributed by atoms with Crippen LogP contribution in [0.3, 0.4) is 0 Å². The van der Waals surface area contributed by atoms with E-state index in [0.29, 0.717) is 54.1 Å². The number of hydrogen-bond donors (Lipinski definition) is 1. The molecule has 0 atom stereocenters. The van der Waals surface area contributed by atoms with Gasteiger partial charge in [0.05, 0.1) is 33.6 Å². The summed E-state index contributed by atoms with van der Waals surface area (Å²) < 4.78 is 36.7. The molecule has 2 aromatic heterocycles. The molecule has 3 heterocycles. The van der Waals surface area contributed by atoms with Crippen LogP contribution in [0.1, 0.15) is 59.9 Å². The summed E-state index contributed by atoms with van der Waals surface area (Å²) in [5.74, 6) is -1.58. The van der Waals surface area contributed by atoms with E-state index in [0.717, 1.165) is 5.56 Å². The molecule has 1 N–H and O–H groups in total. The molecule has 5 nitrogen and oxygen atoms in total. The minimum absolute atomic E-state index is 0.0746. The smallest absolute Gasteiger partial charge is 0.253 e. The summed E-state index contributed by atoms with van der Waals surface area (Å²) in [6.45, 7) is 6.80. The van der Waals surface area contributed by atoms with E-state index in [-0.39, 0.29) is 17.4 Å². The lowest BCUT2D eigenvalue weighted by atomic mass is 9.82. The van der Waals surface area contributed by atoms with Crippen LogP contribution in [-0.4, -0.2) is 28.7 Å². The number of hydrogen-bond acceptors (Lipinski definition) is 3. The third-order valence-electron chi connectivity index (χ3n) is 7.04. The molecule has 7 heteroatoms. The molecule has 0 aliphatic carbocycles. The quantitative estimate of drug-likeness (QED) is 0.366. The second kappa shape index (κ2) is 9.47. The zero-order valence-corrected chi connectivity index (χ0v) is 20.6. The predicted octanol–water partition coefficient (Wildman–Crippen LogP) is 6.15. The van der Waals surface area contributed by atoms with E-state index >= 15 is 0 Å². The molecule has 0 unspecified atom stereocenters. The number of benzene rings is 2. The zero-order chi connectivity index (χ0) is 25.4. The number of aromatic nitrogens is 2. The van der Waals surface area contributed by atoms with Crippen molar-refractivity contribution in [2.75, 3.05) is 13.2 Å². The number of halogens is 2. The summed E-state index contributed by atoms with van der Waals surface area (Å²) in [6, 6.07) is 17.2. The number of nitrogens with one attached hydrogen (secondary N) is 1. The van der Waals surface area contributed by atoms with Gasteiger partial charge in [-0.15, -0.1) is 0 Å². The minimum atomic E-state index is -0.648. The average Bonchev–Trinajstić information content (AvgIpc) is 3.19. The number of amides is 1. The summed E-state index contributed by atoms with van der Waals surface area (Å²) in [7, 11) is 0. The maximum atomic E-state index is 14.7. The van der Waals surface area contributed by atoms with E-state index in [4.69, 9.17) is 4.74 Å². The third kappa shape index (κ3) is 4.07. The number of ether oxygens (including phenoxy) is 1. The zero-order valence-electron chi connectivity index (χ0n) is 20.6. The number of carbonyl (C=O) groups excluding carboxylic acids is 1. The molecule has 0 radical (unpaired) electrons. The standard InChI is InChI=1S/C29H29F2N3O2/c1-18(2)27-21(28(35)32-29(14-16-36-17-15-29)20-8-5-4-6-9-20)12-13-24-25(19(3)33-34(24)27)26-22(30)10-7-11-23(26)31/h4-13,18H,14-17H2,1-3H3,(H,32,35). The number of aryl methyl sites for hydroxylation is 1. The first-order valence-corrected chi connectivity index (χ1v) is 12.2. The second-order valence-electron chi connectivity index (χ2n) is 9.66. The summed E-state index contributed by atoms with van der Waals surface area (Å²) in [5.41, 5.74) is 3.01. The van der Waals surface area contributed by atoms with Crippen molar-refractivity contribution in [2.45, 2.75) is 45.1 Å². The maximum absolute atomic E-state index is 14.7. The lowest BCUT2D eigenvalue weighted by molar-refractivity contribution is 0.0345. The van der Waals surface area contributed by atoms with Crippen LogP contribution in [0.4, 0.5) is 8.78 Å². The van der Waals surface area contributed by atoms with Gasteiger partial charge in [0.1, 0.15) is 11.6 Å². The molecule has 186 valence electrons. The van der Waals surface area contributed by atoms with Gasteiger partial charge in [-0.3, -0.25) is 4.79 Å². The Morgan fingerprint density at radius 2 is 1.64 bits per heavy atom. The van der Waals surface area contributed by atoms with Gasteiger partial charge < -0.3 is 10.1 Å². The van der Waals surface area contributed by atoms with E-state index in [9.17, 15) is 13.6 Å². The van der Waals surface area contributed by atoms with E-state index in [1.165, 1.54) is 18.2 Å². The number of carbonyl (C=O) groups is 1. The van der Waals surface area contributed by atoms with Gasteiger partial charge in [0, 0.05) is 18.8 Å². The fraction of sp³-hybridized carbons (Fsp3) is 0.310. The Labute approximate surface area is 209 Å². The van der Waals surface area contributed by atoms with Crippen LogP contribution >= 0.6 is 0 Å². The highest BCUT2D eigenvalue weighted by atomic mass is 19.1. The van der Waals surface area contributed by atoms with Crippen LogP contribution in [0.25, 0.3) is 16.6 Å². The number of rotatable bonds is 5. The summed E-state index contributed by atoms with van der Waals surface area (Å²) in [6.07, 6.45) is 1.33. The van der Waals surface area contributed by atoms with Crippen molar-refractivity contribution in [3.63, 3.8) is 0 Å². The molecule has 4 aromatic rings. The van der Waals surface area contributed by atoms with Gasteiger partial charge in [-0.05, 0) is 55.5 Å². The molecule has 1 amide bonds. The molecule has 0 spiro atoms. The first-order chi connectivity index (χ1) is 17.3. The summed E-state index contributed by atoms with van der Waals surface area (Å²) in [4.78, 5) is 13.8. The highest BCUT2D eigenvalue weighted by Crippen LogP contribution is 2.36. The normalized spacial score (nSPS) is 15.4. The Bertz CT molecular complexity index is 1400. The predicted molar refractivity (Wildman–Crippen MR) is 135 cm³/mol. The van der Waals surface area contributed by atoms with Gasteiger partial charge in [0.2, 0.25) is 0 Å². The molecular weight excluding hydrogens is 460 g/mol. The van der Waals surface area contributed by atoms with Crippen LogP contribution in [0.5, 0.6) is 0 Å². The van der Waals surface area contributed by atoms with Gasteiger partial charge in [-0.25, -0.2) is 13.3 Å². The minimum Gasteiger partial charge on any atom is -0.381 e. The van der Waals surface area contributed by atoms with Crippen molar-refractivity contribution >= 4 is 11.4 Å². The monoisotopic (exact) mass is 489 g/mol. The van der Waals surface area contributed by atoms with Crippen molar-refractivity contribution in [2.24, 2.45) is 0 Å². The van der Waals surface area contributed by atoms with Crippen molar-refractivity contribution in [3.05, 3.63) is 94.8 Å². The van der Waals surface area contributed by atoms with E-state index in [1.54, 1.807) is 23.6 Å². The number of fused-ring (bicyclic) bond motifs is 1. The lowest BCUT2D eigenvalue weighted by Crippen LogP contribution is -2.49. The largest absolute Gasteiger partial charge is 0.381 e. The van der Waals surface area contributed by atoms with Crippen molar-refractivity contribution in [1.29, 1.82) is 0 Å². The molecular formula is C29H29F2N3O2. The topological polar surface area (TPSA) is 55.6 Å². The Hall–Kier alpha value is -3.58. The van der Waals surface area contributed by atoms with Crippen molar-refractivity contribution in [3.8, 4) is 11.1 Å². The van der Waals surface area contributed by atoms with Gasteiger partial charge >= 0.3 is 0 Å². The molecule has 1 aliphatic rings. The highest BCUT2D eigenvalue weighted by Gasteiger charge is 2.37. The Morgan fingerprint density at radius 3 is 2.28 bits per heavy atom. The molecule has 5 rings (SSSR count). The van der Waals surface area contributed by atoms with Gasteiger partial charge in [0.15, 0.2) is 0 Å². The second-order valence-corrected chi connectivity index (χ2v) is 9.66. The van der Waals surface area contributed by atoms with E-state index in [1.807, 2.05) is 44.2 Å². The summed E-state index contributed by atoms with van der Waals surface area (Å²) in [5, 5.41) is 7.96. The van der Waals surface area contributed by atoms with Crippen molar-refractivity contribution in [1.82, 2.24) is 14.9 Å². The third-order valence-corrected chi connectivity index (χ3v) is 7.04. The Balaban J connectivity index is 1.62. The summed E-state index contributed by atoms with van der Waals surface area (Å²) >= 11 is 0. The highest BCUT2D eigenvalue weighted by molar-refractivity contribution is 5.97. The van der Waals surface area contributed by atoms with Crippen LogP contribution in [-0.2, 0) is 10.3 Å². The fourth-order valence-electron chi connectivity index (χ4n) is 5.29. The molecule has 1 fully saturated rings. The maximum Gasteiger partial charge on any atom is 0.253 e. The molecule has 1 aliphatic heterocycles. The van der Waals surface area contributed by atoms with Crippen LogP contribution < -0.4 is 5.32 Å². The van der Waals surface area contributed by atoms with Crippen LogP contribution in [0, 0.1) is 18.6 Å². The van der Waals surface area contributed by atoms with Crippen molar-refractivity contribution < 1.29 is 18.3 Å². The molecule has 1 saturated heterocycles. The molecule has 2 aromatic carbocycles. The fourth-order valence-corrected chi connectivity index (χ4v) is 5.29. The number of nitrogens with zero attached hydrogens (tertiary/aromatic N) is 2. The first kappa shape index (κ1) is 24.1.